The van der Waals surface area contributed by atoms with Crippen LogP contribution in [0.4, 0.5) is 0 Å². The molecule has 0 unspecified atom stereocenters. The van der Waals surface area contributed by atoms with E-state index in [1.165, 1.54) is 85.6 Å². The number of fused-ring (bicyclic) bond motifs is 16. The summed E-state index contributed by atoms with van der Waals surface area (Å²) in [5.41, 5.74) is 6.24. The second-order valence-corrected chi connectivity index (χ2v) is 12.0. The SMILES string of the molecule is c1ccc(-n2c3ccccc3c3c4c(ccc32)c2ccc3c5ccccc5sc3c2n2cc3ccccc3c42)cc1. The molecule has 190 valence electrons. The largest absolute Gasteiger partial charge is 0.313 e. The zero-order valence-corrected chi connectivity index (χ0v) is 22.8. The molecule has 0 bridgehead atoms. The summed E-state index contributed by atoms with van der Waals surface area (Å²) in [4.78, 5) is 0. The molecule has 0 aliphatic rings. The molecule has 4 heterocycles. The summed E-state index contributed by atoms with van der Waals surface area (Å²) in [5.74, 6) is 0. The number of rotatable bonds is 1. The van der Waals surface area contributed by atoms with Crippen molar-refractivity contribution < 1.29 is 0 Å². The van der Waals surface area contributed by atoms with Crippen molar-refractivity contribution in [3.05, 3.63) is 134 Å². The van der Waals surface area contributed by atoms with Gasteiger partial charge in [-0.3, -0.25) is 0 Å². The molecule has 4 aromatic heterocycles. The molecule has 6 aromatic carbocycles. The zero-order chi connectivity index (χ0) is 26.7. The Balaban J connectivity index is 1.53. The first-order valence-corrected chi connectivity index (χ1v) is 14.9. The van der Waals surface area contributed by atoms with Gasteiger partial charge in [0.25, 0.3) is 0 Å². The molecule has 3 heteroatoms. The molecular formula is C38H22N2S. The van der Waals surface area contributed by atoms with E-state index in [0.29, 0.717) is 0 Å². The van der Waals surface area contributed by atoms with Crippen LogP contribution in [0.15, 0.2) is 134 Å². The highest BCUT2D eigenvalue weighted by molar-refractivity contribution is 7.26. The van der Waals surface area contributed by atoms with E-state index in [1.54, 1.807) is 0 Å². The second kappa shape index (κ2) is 7.75. The molecule has 0 aliphatic carbocycles. The Morgan fingerprint density at radius 3 is 2.05 bits per heavy atom. The van der Waals surface area contributed by atoms with E-state index in [0.717, 1.165) is 0 Å². The van der Waals surface area contributed by atoms with Crippen molar-refractivity contribution in [3.8, 4) is 5.69 Å². The summed E-state index contributed by atoms with van der Waals surface area (Å²) in [6, 6.07) is 46.7. The van der Waals surface area contributed by atoms with Gasteiger partial charge in [0, 0.05) is 59.7 Å². The average molecular weight is 539 g/mol. The number of pyridine rings is 1. The number of aromatic nitrogens is 2. The van der Waals surface area contributed by atoms with Gasteiger partial charge in [0.1, 0.15) is 0 Å². The Morgan fingerprint density at radius 2 is 1.15 bits per heavy atom. The maximum atomic E-state index is 2.49. The third-order valence-corrected chi connectivity index (χ3v) is 10.1. The maximum Gasteiger partial charge on any atom is 0.0714 e. The topological polar surface area (TPSA) is 9.34 Å². The predicted molar refractivity (Wildman–Crippen MR) is 177 cm³/mol. The van der Waals surface area contributed by atoms with Crippen molar-refractivity contribution in [1.82, 2.24) is 8.97 Å². The molecule has 41 heavy (non-hydrogen) atoms. The summed E-state index contributed by atoms with van der Waals surface area (Å²) in [6.45, 7) is 0. The Morgan fingerprint density at radius 1 is 0.439 bits per heavy atom. The van der Waals surface area contributed by atoms with Gasteiger partial charge in [0.2, 0.25) is 0 Å². The van der Waals surface area contributed by atoms with Crippen molar-refractivity contribution in [3.63, 3.8) is 0 Å². The number of nitrogens with zero attached hydrogens (tertiary/aromatic N) is 2. The third-order valence-electron chi connectivity index (χ3n) is 8.87. The lowest BCUT2D eigenvalue weighted by Crippen LogP contribution is -1.94. The van der Waals surface area contributed by atoms with Crippen molar-refractivity contribution in [2.75, 3.05) is 0 Å². The van der Waals surface area contributed by atoms with Crippen LogP contribution in [-0.2, 0) is 0 Å². The molecule has 10 aromatic rings. The highest BCUT2D eigenvalue weighted by Crippen LogP contribution is 2.46. The normalized spacial score (nSPS) is 12.4. The van der Waals surface area contributed by atoms with Crippen LogP contribution in [-0.4, -0.2) is 8.97 Å². The fourth-order valence-electron chi connectivity index (χ4n) is 7.21. The van der Waals surface area contributed by atoms with Crippen LogP contribution in [0.5, 0.6) is 0 Å². The Kier molecular flexibility index (Phi) is 4.10. The minimum absolute atomic E-state index is 1.18. The maximum absolute atomic E-state index is 2.49. The zero-order valence-electron chi connectivity index (χ0n) is 22.0. The lowest BCUT2D eigenvalue weighted by atomic mass is 9.98. The van der Waals surface area contributed by atoms with E-state index in [1.807, 2.05) is 11.3 Å². The molecule has 0 spiro atoms. The molecule has 0 atom stereocenters. The summed E-state index contributed by atoms with van der Waals surface area (Å²) >= 11 is 1.91. The van der Waals surface area contributed by atoms with Crippen LogP contribution in [0.1, 0.15) is 0 Å². The van der Waals surface area contributed by atoms with Gasteiger partial charge in [-0.15, -0.1) is 11.3 Å². The van der Waals surface area contributed by atoms with E-state index < -0.39 is 0 Å². The molecule has 0 amide bonds. The minimum Gasteiger partial charge on any atom is -0.313 e. The highest BCUT2D eigenvalue weighted by atomic mass is 32.1. The molecule has 0 saturated heterocycles. The Bertz CT molecular complexity index is 2690. The van der Waals surface area contributed by atoms with Crippen LogP contribution in [0.25, 0.3) is 85.6 Å². The smallest absolute Gasteiger partial charge is 0.0714 e. The average Bonchev–Trinajstić information content (AvgIpc) is 3.71. The van der Waals surface area contributed by atoms with Crippen molar-refractivity contribution in [2.24, 2.45) is 0 Å². The molecule has 0 fully saturated rings. The van der Waals surface area contributed by atoms with E-state index in [-0.39, 0.29) is 0 Å². The van der Waals surface area contributed by atoms with Gasteiger partial charge < -0.3 is 8.97 Å². The molecule has 0 radical (unpaired) electrons. The molecule has 0 N–H and O–H groups in total. The van der Waals surface area contributed by atoms with Crippen LogP contribution < -0.4 is 0 Å². The molecular weight excluding hydrogens is 516 g/mol. The van der Waals surface area contributed by atoms with Crippen LogP contribution >= 0.6 is 11.3 Å². The van der Waals surface area contributed by atoms with Gasteiger partial charge in [0.15, 0.2) is 0 Å². The monoisotopic (exact) mass is 538 g/mol. The van der Waals surface area contributed by atoms with E-state index in [2.05, 4.69) is 143 Å². The molecule has 0 saturated carbocycles. The first kappa shape index (κ1) is 21.7. The van der Waals surface area contributed by atoms with Crippen molar-refractivity contribution >= 4 is 91.3 Å². The Labute approximate surface area is 238 Å². The lowest BCUT2D eigenvalue weighted by molar-refractivity contribution is 1.18. The van der Waals surface area contributed by atoms with Crippen LogP contribution in [0, 0.1) is 0 Å². The number of para-hydroxylation sites is 2. The third kappa shape index (κ3) is 2.71. The van der Waals surface area contributed by atoms with E-state index in [4.69, 9.17) is 0 Å². The number of hydrogen-bond acceptors (Lipinski definition) is 1. The summed E-state index contributed by atoms with van der Waals surface area (Å²) in [5, 5.41) is 11.7. The van der Waals surface area contributed by atoms with Gasteiger partial charge in [-0.05, 0) is 35.7 Å². The number of benzene rings is 6. The van der Waals surface area contributed by atoms with Gasteiger partial charge in [0.05, 0.1) is 26.8 Å². The van der Waals surface area contributed by atoms with Crippen LogP contribution in [0.2, 0.25) is 0 Å². The van der Waals surface area contributed by atoms with Gasteiger partial charge in [-0.25, -0.2) is 0 Å². The van der Waals surface area contributed by atoms with Gasteiger partial charge >= 0.3 is 0 Å². The fourth-order valence-corrected chi connectivity index (χ4v) is 8.45. The highest BCUT2D eigenvalue weighted by Gasteiger charge is 2.21. The standard InChI is InChI=1S/C38H22N2S/c1-2-11-24(12-3-1)40-31-16-8-6-15-30(31)34-32(40)21-20-27-28-18-19-29-26-14-7-9-17-33(26)41-38(29)37(28)39-22-23-10-4-5-13-25(23)36(39)35(27)34/h1-22H. The predicted octanol–water partition coefficient (Wildman–Crippen LogP) is 10.9. The van der Waals surface area contributed by atoms with E-state index >= 15 is 0 Å². The van der Waals surface area contributed by atoms with Crippen LogP contribution in [0.3, 0.4) is 0 Å². The lowest BCUT2D eigenvalue weighted by Gasteiger charge is -2.13. The van der Waals surface area contributed by atoms with Gasteiger partial charge in [-0.1, -0.05) is 97.1 Å². The summed E-state index contributed by atoms with van der Waals surface area (Å²) in [6.07, 6.45) is 2.35. The second-order valence-electron chi connectivity index (χ2n) is 10.9. The van der Waals surface area contributed by atoms with Crippen molar-refractivity contribution in [2.45, 2.75) is 0 Å². The first-order chi connectivity index (χ1) is 20.4. The molecule has 10 rings (SSSR count). The first-order valence-electron chi connectivity index (χ1n) is 14.0. The minimum atomic E-state index is 1.18. The summed E-state index contributed by atoms with van der Waals surface area (Å²) in [7, 11) is 0. The van der Waals surface area contributed by atoms with Crippen molar-refractivity contribution in [1.29, 1.82) is 0 Å². The number of hydrogen-bond donors (Lipinski definition) is 0. The molecule has 0 aliphatic heterocycles. The van der Waals surface area contributed by atoms with Gasteiger partial charge in [-0.2, -0.15) is 0 Å². The fraction of sp³-hybridized carbons (Fsp3) is 0. The summed E-state index contributed by atoms with van der Waals surface area (Å²) < 4.78 is 7.60. The molecule has 2 nitrogen and oxygen atoms in total. The van der Waals surface area contributed by atoms with E-state index in [9.17, 15) is 0 Å². The Hall–Kier alpha value is -5.12. The number of thiophene rings is 1. The quantitative estimate of drug-likeness (QED) is 0.184.